The number of nitrogens with zero attached hydrogens (tertiary/aromatic N) is 2. The number of aromatic nitrogens is 2. The molecule has 0 amide bonds. The van der Waals surface area contributed by atoms with Gasteiger partial charge in [0.2, 0.25) is 5.28 Å². The predicted molar refractivity (Wildman–Crippen MR) is 113 cm³/mol. The zero-order valence-corrected chi connectivity index (χ0v) is 18.2. The molecule has 0 aliphatic carbocycles. The number of unbranched alkanes of at least 4 members (excludes halogenated alkanes) is 13. The molecular weight excluding hydrogens is 383 g/mol. The number of halogens is 2. The van der Waals surface area contributed by atoms with Crippen molar-refractivity contribution >= 4 is 29.2 Å². The molecule has 0 unspecified atom stereocenters. The fraction of sp³-hybridized carbons (Fsp3) is 0.762. The van der Waals surface area contributed by atoms with Crippen LogP contribution in [0.5, 0.6) is 0 Å². The van der Waals surface area contributed by atoms with Gasteiger partial charge in [-0.3, -0.25) is 0 Å². The summed E-state index contributed by atoms with van der Waals surface area (Å²) in [4.78, 5) is 19.4. The number of ether oxygens (including phenoxy) is 1. The SMILES string of the molecule is CCCCCCCCCCCCCCCCOC(=O)c1cnc(Cl)nc1Cl. The first-order valence-corrected chi connectivity index (χ1v) is 11.3. The maximum atomic E-state index is 11.9. The Morgan fingerprint density at radius 3 is 1.81 bits per heavy atom. The van der Waals surface area contributed by atoms with Crippen LogP contribution in [-0.2, 0) is 4.74 Å². The lowest BCUT2D eigenvalue weighted by molar-refractivity contribution is 0.0497. The Labute approximate surface area is 174 Å². The summed E-state index contributed by atoms with van der Waals surface area (Å²) < 4.78 is 5.21. The molecule has 0 N–H and O–H groups in total. The molecule has 1 rings (SSSR count). The van der Waals surface area contributed by atoms with Gasteiger partial charge in [-0.25, -0.2) is 14.8 Å². The average molecular weight is 417 g/mol. The van der Waals surface area contributed by atoms with E-state index in [0.717, 1.165) is 12.8 Å². The van der Waals surface area contributed by atoms with Crippen LogP contribution in [0.3, 0.4) is 0 Å². The van der Waals surface area contributed by atoms with Gasteiger partial charge in [0.1, 0.15) is 10.7 Å². The second kappa shape index (κ2) is 16.1. The van der Waals surface area contributed by atoms with E-state index in [4.69, 9.17) is 27.9 Å². The minimum absolute atomic E-state index is 0.0172. The summed E-state index contributed by atoms with van der Waals surface area (Å²) in [5.74, 6) is -0.494. The monoisotopic (exact) mass is 416 g/mol. The van der Waals surface area contributed by atoms with Gasteiger partial charge < -0.3 is 4.74 Å². The molecule has 27 heavy (non-hydrogen) atoms. The molecule has 0 atom stereocenters. The summed E-state index contributed by atoms with van der Waals surface area (Å²) in [6, 6.07) is 0. The van der Waals surface area contributed by atoms with Crippen LogP contribution in [0.15, 0.2) is 6.20 Å². The van der Waals surface area contributed by atoms with Crippen LogP contribution in [0.4, 0.5) is 0 Å². The Morgan fingerprint density at radius 1 is 0.852 bits per heavy atom. The molecule has 154 valence electrons. The van der Waals surface area contributed by atoms with E-state index in [1.54, 1.807) is 0 Å². The van der Waals surface area contributed by atoms with Crippen molar-refractivity contribution in [2.45, 2.75) is 96.8 Å². The van der Waals surface area contributed by atoms with Gasteiger partial charge in [-0.05, 0) is 18.0 Å². The van der Waals surface area contributed by atoms with Crippen LogP contribution in [0.25, 0.3) is 0 Å². The standard InChI is InChI=1S/C21H34Cl2N2O2/c1-2-3-4-5-6-7-8-9-10-11-12-13-14-15-16-27-20(26)18-17-24-21(23)25-19(18)22/h17H,2-16H2,1H3. The molecule has 1 heterocycles. The predicted octanol–water partition coefficient (Wildman–Crippen LogP) is 7.42. The molecule has 0 aliphatic heterocycles. The Balaban J connectivity index is 1.88. The number of rotatable bonds is 16. The van der Waals surface area contributed by atoms with Gasteiger partial charge in [0.25, 0.3) is 0 Å². The molecule has 0 saturated heterocycles. The Kier molecular flexibility index (Phi) is 14.4. The zero-order chi connectivity index (χ0) is 19.7. The molecular formula is C21H34Cl2N2O2. The number of carbonyl (C=O) groups excluding carboxylic acids is 1. The molecule has 6 heteroatoms. The lowest BCUT2D eigenvalue weighted by Gasteiger charge is -2.06. The minimum atomic E-state index is -0.494. The maximum absolute atomic E-state index is 11.9. The second-order valence-electron chi connectivity index (χ2n) is 7.08. The van der Waals surface area contributed by atoms with E-state index in [0.29, 0.717) is 6.61 Å². The highest BCUT2D eigenvalue weighted by Gasteiger charge is 2.14. The van der Waals surface area contributed by atoms with E-state index in [9.17, 15) is 4.79 Å². The van der Waals surface area contributed by atoms with Crippen LogP contribution in [0.1, 0.15) is 107 Å². The molecule has 0 aliphatic rings. The molecule has 0 bridgehead atoms. The number of hydrogen-bond acceptors (Lipinski definition) is 4. The summed E-state index contributed by atoms with van der Waals surface area (Å²) in [6.45, 7) is 2.66. The fourth-order valence-electron chi connectivity index (χ4n) is 3.02. The largest absolute Gasteiger partial charge is 0.462 e. The molecule has 0 fully saturated rings. The topological polar surface area (TPSA) is 52.1 Å². The Bertz CT molecular complexity index is 527. The van der Waals surface area contributed by atoms with E-state index >= 15 is 0 Å². The van der Waals surface area contributed by atoms with E-state index in [1.165, 1.54) is 83.2 Å². The summed E-state index contributed by atoms with van der Waals surface area (Å²) in [5, 5.41) is 0.0458. The van der Waals surface area contributed by atoms with Crippen LogP contribution >= 0.6 is 23.2 Å². The summed E-state index contributed by atoms with van der Waals surface area (Å²) in [6.07, 6.45) is 19.5. The second-order valence-corrected chi connectivity index (χ2v) is 7.77. The lowest BCUT2D eigenvalue weighted by Crippen LogP contribution is -2.08. The lowest BCUT2D eigenvalue weighted by atomic mass is 10.0. The first-order valence-electron chi connectivity index (χ1n) is 10.5. The van der Waals surface area contributed by atoms with Crippen LogP contribution < -0.4 is 0 Å². The van der Waals surface area contributed by atoms with Crippen LogP contribution in [0, 0.1) is 0 Å². The molecule has 0 saturated carbocycles. The van der Waals surface area contributed by atoms with E-state index in [1.807, 2.05) is 0 Å². The average Bonchev–Trinajstić information content (AvgIpc) is 2.64. The molecule has 0 spiro atoms. The maximum Gasteiger partial charge on any atom is 0.342 e. The van der Waals surface area contributed by atoms with Crippen molar-refractivity contribution in [3.05, 3.63) is 22.2 Å². The summed E-state index contributed by atoms with van der Waals surface area (Å²) in [7, 11) is 0. The highest BCUT2D eigenvalue weighted by atomic mass is 35.5. The summed E-state index contributed by atoms with van der Waals surface area (Å²) >= 11 is 11.5. The Hall–Kier alpha value is -0.870. The van der Waals surface area contributed by atoms with Gasteiger partial charge >= 0.3 is 5.97 Å². The van der Waals surface area contributed by atoms with E-state index < -0.39 is 5.97 Å². The third-order valence-corrected chi connectivity index (χ3v) is 5.13. The van der Waals surface area contributed by atoms with Gasteiger partial charge in [0.15, 0.2) is 0 Å². The Morgan fingerprint density at radius 2 is 1.33 bits per heavy atom. The number of esters is 1. The minimum Gasteiger partial charge on any atom is -0.462 e. The molecule has 4 nitrogen and oxygen atoms in total. The van der Waals surface area contributed by atoms with Crippen LogP contribution in [0.2, 0.25) is 10.4 Å². The van der Waals surface area contributed by atoms with Gasteiger partial charge in [-0.15, -0.1) is 0 Å². The highest BCUT2D eigenvalue weighted by molar-refractivity contribution is 6.33. The third kappa shape index (κ3) is 12.2. The normalized spacial score (nSPS) is 10.9. The van der Waals surface area contributed by atoms with Gasteiger partial charge in [-0.1, -0.05) is 102 Å². The molecule has 0 radical (unpaired) electrons. The molecule has 1 aromatic heterocycles. The summed E-state index contributed by atoms with van der Waals surface area (Å²) in [5.41, 5.74) is 0.159. The zero-order valence-electron chi connectivity index (χ0n) is 16.7. The van der Waals surface area contributed by atoms with E-state index in [2.05, 4.69) is 16.9 Å². The number of carbonyl (C=O) groups is 1. The van der Waals surface area contributed by atoms with Crippen molar-refractivity contribution in [1.82, 2.24) is 9.97 Å². The fourth-order valence-corrected chi connectivity index (χ4v) is 3.40. The van der Waals surface area contributed by atoms with Crippen molar-refractivity contribution in [1.29, 1.82) is 0 Å². The highest BCUT2D eigenvalue weighted by Crippen LogP contribution is 2.16. The quantitative estimate of drug-likeness (QED) is 0.122. The molecule has 0 aromatic carbocycles. The molecule has 1 aromatic rings. The van der Waals surface area contributed by atoms with Gasteiger partial charge in [0, 0.05) is 6.20 Å². The van der Waals surface area contributed by atoms with Crippen molar-refractivity contribution < 1.29 is 9.53 Å². The first-order chi connectivity index (χ1) is 13.1. The van der Waals surface area contributed by atoms with Gasteiger partial charge in [0.05, 0.1) is 6.61 Å². The van der Waals surface area contributed by atoms with Crippen molar-refractivity contribution in [3.63, 3.8) is 0 Å². The number of hydrogen-bond donors (Lipinski definition) is 0. The van der Waals surface area contributed by atoms with Crippen molar-refractivity contribution in [2.75, 3.05) is 6.61 Å². The van der Waals surface area contributed by atoms with Crippen molar-refractivity contribution in [3.8, 4) is 0 Å². The first kappa shape index (κ1) is 24.2. The van der Waals surface area contributed by atoms with Crippen LogP contribution in [-0.4, -0.2) is 22.5 Å². The van der Waals surface area contributed by atoms with Gasteiger partial charge in [-0.2, -0.15) is 0 Å². The smallest absolute Gasteiger partial charge is 0.342 e. The van der Waals surface area contributed by atoms with Crippen molar-refractivity contribution in [2.24, 2.45) is 0 Å². The third-order valence-electron chi connectivity index (χ3n) is 4.66. The van der Waals surface area contributed by atoms with E-state index in [-0.39, 0.29) is 16.0 Å².